The Morgan fingerprint density at radius 1 is 0.938 bits per heavy atom. The Labute approximate surface area is 185 Å². The van der Waals surface area contributed by atoms with Crippen molar-refractivity contribution in [3.8, 4) is 0 Å². The fourth-order valence-electron chi connectivity index (χ4n) is 3.52. The normalized spacial score (nSPS) is 13.1. The van der Waals surface area contributed by atoms with Crippen molar-refractivity contribution in [2.45, 2.75) is 25.9 Å². The predicted octanol–water partition coefficient (Wildman–Crippen LogP) is 3.98. The Morgan fingerprint density at radius 3 is 2.38 bits per heavy atom. The molecule has 1 aliphatic heterocycles. The minimum Gasteiger partial charge on any atom is -0.459 e. The van der Waals surface area contributed by atoms with Gasteiger partial charge in [-0.25, -0.2) is 4.79 Å². The number of hydrogen-bond donors (Lipinski definition) is 3. The van der Waals surface area contributed by atoms with Crippen LogP contribution in [0.25, 0.3) is 0 Å². The summed E-state index contributed by atoms with van der Waals surface area (Å²) in [5.74, 6) is 0.0758. The molecular formula is C24H24N4O4. The number of amides is 4. The number of anilines is 2. The van der Waals surface area contributed by atoms with Crippen LogP contribution in [0.15, 0.2) is 71.3 Å². The lowest BCUT2D eigenvalue weighted by Crippen LogP contribution is -2.28. The van der Waals surface area contributed by atoms with E-state index in [1.54, 1.807) is 36.4 Å². The van der Waals surface area contributed by atoms with E-state index in [0.29, 0.717) is 30.9 Å². The van der Waals surface area contributed by atoms with Crippen molar-refractivity contribution < 1.29 is 18.8 Å². The molecule has 1 aromatic heterocycles. The first-order valence-electron chi connectivity index (χ1n) is 10.4. The van der Waals surface area contributed by atoms with Crippen LogP contribution in [0.4, 0.5) is 16.2 Å². The minimum absolute atomic E-state index is 0.194. The second-order valence-electron chi connectivity index (χ2n) is 7.56. The number of nitrogens with one attached hydrogen (secondary N) is 3. The Balaban J connectivity index is 1.25. The summed E-state index contributed by atoms with van der Waals surface area (Å²) in [5, 5.41) is 8.31. The van der Waals surface area contributed by atoms with Gasteiger partial charge in [-0.2, -0.15) is 0 Å². The van der Waals surface area contributed by atoms with Crippen LogP contribution in [0, 0.1) is 0 Å². The third kappa shape index (κ3) is 5.54. The number of urea groups is 1. The maximum Gasteiger partial charge on any atom is 0.319 e. The Morgan fingerprint density at radius 2 is 1.69 bits per heavy atom. The topological polar surface area (TPSA) is 104 Å². The standard InChI is InChI=1S/C24H24N4O4/c29-22-7-2-12-28(22)16-18-5-1-4-17(14-18)15-25-24(31)27-20-10-8-19(9-11-20)26-23(30)21-6-3-13-32-21/h1,3-6,8-11,13-14H,2,7,12,15-16H2,(H,26,30)(H2,25,27,31). The molecule has 0 atom stereocenters. The predicted molar refractivity (Wildman–Crippen MR) is 120 cm³/mol. The van der Waals surface area contributed by atoms with Crippen molar-refractivity contribution in [1.82, 2.24) is 10.2 Å². The average molecular weight is 432 g/mol. The second kappa shape index (κ2) is 9.82. The minimum atomic E-state index is -0.343. The molecule has 0 saturated carbocycles. The molecule has 4 amide bonds. The molecule has 0 aliphatic carbocycles. The molecule has 1 aliphatic rings. The van der Waals surface area contributed by atoms with Gasteiger partial charge in [-0.05, 0) is 53.9 Å². The van der Waals surface area contributed by atoms with E-state index < -0.39 is 0 Å². The van der Waals surface area contributed by atoms with Crippen LogP contribution in [0.5, 0.6) is 0 Å². The first kappa shape index (κ1) is 21.2. The molecule has 32 heavy (non-hydrogen) atoms. The summed E-state index contributed by atoms with van der Waals surface area (Å²) < 4.78 is 5.06. The van der Waals surface area contributed by atoms with E-state index in [9.17, 15) is 14.4 Å². The van der Waals surface area contributed by atoms with E-state index in [2.05, 4.69) is 16.0 Å². The zero-order valence-corrected chi connectivity index (χ0v) is 17.5. The Kier molecular flexibility index (Phi) is 6.50. The highest BCUT2D eigenvalue weighted by molar-refractivity contribution is 6.02. The summed E-state index contributed by atoms with van der Waals surface area (Å²) in [6, 6.07) is 17.5. The van der Waals surface area contributed by atoms with Gasteiger partial charge in [0.2, 0.25) is 5.91 Å². The van der Waals surface area contributed by atoms with Crippen molar-refractivity contribution in [1.29, 1.82) is 0 Å². The van der Waals surface area contributed by atoms with Crippen molar-refractivity contribution in [3.63, 3.8) is 0 Å². The quantitative estimate of drug-likeness (QED) is 0.525. The number of nitrogens with zero attached hydrogens (tertiary/aromatic N) is 1. The monoisotopic (exact) mass is 432 g/mol. The molecule has 2 aromatic carbocycles. The maximum atomic E-state index is 12.3. The van der Waals surface area contributed by atoms with E-state index in [1.807, 2.05) is 29.2 Å². The molecule has 2 heterocycles. The number of benzene rings is 2. The van der Waals surface area contributed by atoms with Gasteiger partial charge in [0.25, 0.3) is 5.91 Å². The van der Waals surface area contributed by atoms with Crippen LogP contribution in [0.2, 0.25) is 0 Å². The molecule has 4 rings (SSSR count). The van der Waals surface area contributed by atoms with Crippen molar-refractivity contribution in [3.05, 3.63) is 83.8 Å². The smallest absolute Gasteiger partial charge is 0.319 e. The molecule has 0 unspecified atom stereocenters. The Hall–Kier alpha value is -4.07. The first-order chi connectivity index (χ1) is 15.6. The number of likely N-dealkylation sites (tertiary alicyclic amines) is 1. The fourth-order valence-corrected chi connectivity index (χ4v) is 3.52. The molecule has 0 bridgehead atoms. The van der Waals surface area contributed by atoms with Crippen LogP contribution in [0.1, 0.15) is 34.5 Å². The largest absolute Gasteiger partial charge is 0.459 e. The van der Waals surface area contributed by atoms with Gasteiger partial charge in [0, 0.05) is 37.4 Å². The summed E-state index contributed by atoms with van der Waals surface area (Å²) in [6.45, 7) is 1.77. The molecule has 8 heteroatoms. The highest BCUT2D eigenvalue weighted by Crippen LogP contribution is 2.16. The van der Waals surface area contributed by atoms with E-state index >= 15 is 0 Å². The zero-order valence-electron chi connectivity index (χ0n) is 17.5. The lowest BCUT2D eigenvalue weighted by atomic mass is 10.1. The SMILES string of the molecule is O=C(NCc1cccc(CN2CCCC2=O)c1)Nc1ccc(NC(=O)c2ccco2)cc1. The zero-order chi connectivity index (χ0) is 22.3. The van der Waals surface area contributed by atoms with Crippen LogP contribution < -0.4 is 16.0 Å². The lowest BCUT2D eigenvalue weighted by Gasteiger charge is -2.16. The molecule has 8 nitrogen and oxygen atoms in total. The molecule has 0 spiro atoms. The van der Waals surface area contributed by atoms with Crippen molar-refractivity contribution >= 4 is 29.2 Å². The molecule has 1 saturated heterocycles. The van der Waals surface area contributed by atoms with Gasteiger partial charge in [-0.1, -0.05) is 24.3 Å². The third-order valence-electron chi connectivity index (χ3n) is 5.13. The molecular weight excluding hydrogens is 408 g/mol. The Bertz CT molecular complexity index is 1090. The van der Waals surface area contributed by atoms with Gasteiger partial charge in [-0.3, -0.25) is 9.59 Å². The van der Waals surface area contributed by atoms with Gasteiger partial charge < -0.3 is 25.3 Å². The number of carbonyl (C=O) groups is 3. The van der Waals surface area contributed by atoms with Gasteiger partial charge >= 0.3 is 6.03 Å². The van der Waals surface area contributed by atoms with Crippen LogP contribution in [-0.4, -0.2) is 29.3 Å². The highest BCUT2D eigenvalue weighted by atomic mass is 16.3. The first-order valence-corrected chi connectivity index (χ1v) is 10.4. The molecule has 164 valence electrons. The molecule has 1 fully saturated rings. The summed E-state index contributed by atoms with van der Waals surface area (Å²) in [7, 11) is 0. The highest BCUT2D eigenvalue weighted by Gasteiger charge is 2.20. The van der Waals surface area contributed by atoms with Crippen molar-refractivity contribution in [2.75, 3.05) is 17.2 Å². The van der Waals surface area contributed by atoms with E-state index in [4.69, 9.17) is 4.42 Å². The number of hydrogen-bond acceptors (Lipinski definition) is 4. The maximum absolute atomic E-state index is 12.3. The van der Waals surface area contributed by atoms with Crippen LogP contribution in [0.3, 0.4) is 0 Å². The van der Waals surface area contributed by atoms with Gasteiger partial charge in [0.15, 0.2) is 5.76 Å². The number of rotatable bonds is 7. The average Bonchev–Trinajstić information content (AvgIpc) is 3.47. The van der Waals surface area contributed by atoms with Gasteiger partial charge in [0.1, 0.15) is 0 Å². The summed E-state index contributed by atoms with van der Waals surface area (Å²) in [4.78, 5) is 37.9. The summed E-state index contributed by atoms with van der Waals surface area (Å²) >= 11 is 0. The van der Waals surface area contributed by atoms with E-state index in [-0.39, 0.29) is 23.6 Å². The van der Waals surface area contributed by atoms with Crippen LogP contribution >= 0.6 is 0 Å². The summed E-state index contributed by atoms with van der Waals surface area (Å²) in [5.41, 5.74) is 3.19. The van der Waals surface area contributed by atoms with Gasteiger partial charge in [0.05, 0.1) is 6.26 Å². The number of carbonyl (C=O) groups excluding carboxylic acids is 3. The lowest BCUT2D eigenvalue weighted by molar-refractivity contribution is -0.128. The number of furan rings is 1. The molecule has 0 radical (unpaired) electrons. The summed E-state index contributed by atoms with van der Waals surface area (Å²) in [6.07, 6.45) is 2.97. The molecule has 3 N–H and O–H groups in total. The second-order valence-corrected chi connectivity index (χ2v) is 7.56. The van der Waals surface area contributed by atoms with Crippen LogP contribution in [-0.2, 0) is 17.9 Å². The van der Waals surface area contributed by atoms with Crippen molar-refractivity contribution in [2.24, 2.45) is 0 Å². The fraction of sp³-hybridized carbons (Fsp3) is 0.208. The molecule has 3 aromatic rings. The van der Waals surface area contributed by atoms with E-state index in [1.165, 1.54) is 6.26 Å². The van der Waals surface area contributed by atoms with E-state index in [0.717, 1.165) is 24.1 Å². The van der Waals surface area contributed by atoms with Gasteiger partial charge in [-0.15, -0.1) is 0 Å². The third-order valence-corrected chi connectivity index (χ3v) is 5.13.